The summed E-state index contributed by atoms with van der Waals surface area (Å²) in [6, 6.07) is 7.63. The summed E-state index contributed by atoms with van der Waals surface area (Å²) in [5.74, 6) is 0.123. The second-order valence-electron chi connectivity index (χ2n) is 3.53. The maximum Gasteiger partial charge on any atom is 0.134 e. The molecule has 0 saturated heterocycles. The molecule has 1 N–H and O–H groups in total. The Hall–Kier alpha value is -2.08. The molecule has 74 valence electrons. The molecule has 0 aliphatic carbocycles. The number of para-hydroxylation sites is 1. The van der Waals surface area contributed by atoms with Crippen molar-refractivity contribution in [3.8, 4) is 6.07 Å². The summed E-state index contributed by atoms with van der Waals surface area (Å²) < 4.78 is 0. The van der Waals surface area contributed by atoms with Gasteiger partial charge in [0.05, 0.1) is 11.1 Å². The number of carbonyl (C=O) groups excluding carboxylic acids is 1. The van der Waals surface area contributed by atoms with E-state index in [-0.39, 0.29) is 5.78 Å². The largest absolute Gasteiger partial charge is 0.360 e. The van der Waals surface area contributed by atoms with Crippen molar-refractivity contribution < 1.29 is 4.79 Å². The summed E-state index contributed by atoms with van der Waals surface area (Å²) in [7, 11) is 0. The average molecular weight is 198 g/mol. The Morgan fingerprint density at radius 3 is 3.00 bits per heavy atom. The fraction of sp³-hybridized carbons (Fsp3) is 0.167. The van der Waals surface area contributed by atoms with Crippen LogP contribution >= 0.6 is 0 Å². The van der Waals surface area contributed by atoms with Crippen LogP contribution in [0.4, 0.5) is 0 Å². The number of ketones is 1. The maximum absolute atomic E-state index is 11.0. The molecule has 0 amide bonds. The molecule has 0 unspecified atom stereocenters. The van der Waals surface area contributed by atoms with Crippen molar-refractivity contribution >= 4 is 16.7 Å². The molecular formula is C12H10N2O. The number of nitrogens with one attached hydrogen (secondary N) is 1. The van der Waals surface area contributed by atoms with Gasteiger partial charge in [0.1, 0.15) is 11.9 Å². The molecule has 0 atom stereocenters. The first-order valence-corrected chi connectivity index (χ1v) is 4.71. The van der Waals surface area contributed by atoms with E-state index < -0.39 is 0 Å². The van der Waals surface area contributed by atoms with Crippen LogP contribution in [-0.4, -0.2) is 10.8 Å². The van der Waals surface area contributed by atoms with Gasteiger partial charge in [-0.1, -0.05) is 12.1 Å². The van der Waals surface area contributed by atoms with Crippen LogP contribution < -0.4 is 0 Å². The van der Waals surface area contributed by atoms with Crippen molar-refractivity contribution in [1.82, 2.24) is 4.98 Å². The van der Waals surface area contributed by atoms with E-state index in [4.69, 9.17) is 5.26 Å². The van der Waals surface area contributed by atoms with E-state index in [1.54, 1.807) is 19.2 Å². The molecular weight excluding hydrogens is 188 g/mol. The van der Waals surface area contributed by atoms with Crippen molar-refractivity contribution in [2.24, 2.45) is 0 Å². The van der Waals surface area contributed by atoms with E-state index in [0.29, 0.717) is 12.0 Å². The SMILES string of the molecule is CC(=O)Cc1c[nH]c2c(C#N)cccc12. The van der Waals surface area contributed by atoms with Gasteiger partial charge in [0.25, 0.3) is 0 Å². The molecule has 0 saturated carbocycles. The molecule has 0 spiro atoms. The van der Waals surface area contributed by atoms with Crippen LogP contribution in [0.5, 0.6) is 0 Å². The highest BCUT2D eigenvalue weighted by molar-refractivity contribution is 5.91. The van der Waals surface area contributed by atoms with E-state index in [1.165, 1.54) is 0 Å². The van der Waals surface area contributed by atoms with Gasteiger partial charge in [-0.25, -0.2) is 0 Å². The van der Waals surface area contributed by atoms with Gasteiger partial charge >= 0.3 is 0 Å². The molecule has 0 aliphatic heterocycles. The van der Waals surface area contributed by atoms with E-state index in [0.717, 1.165) is 16.5 Å². The van der Waals surface area contributed by atoms with Gasteiger partial charge in [0.15, 0.2) is 0 Å². The number of Topliss-reactive ketones (excluding diaryl/α,β-unsaturated/α-hetero) is 1. The topological polar surface area (TPSA) is 56.6 Å². The fourth-order valence-electron chi connectivity index (χ4n) is 1.72. The van der Waals surface area contributed by atoms with Crippen LogP contribution in [0.3, 0.4) is 0 Å². The molecule has 15 heavy (non-hydrogen) atoms. The first-order valence-electron chi connectivity index (χ1n) is 4.71. The number of aromatic nitrogens is 1. The normalized spacial score (nSPS) is 10.1. The zero-order chi connectivity index (χ0) is 10.8. The summed E-state index contributed by atoms with van der Waals surface area (Å²) in [6.07, 6.45) is 2.21. The zero-order valence-electron chi connectivity index (χ0n) is 8.37. The van der Waals surface area contributed by atoms with E-state index >= 15 is 0 Å². The lowest BCUT2D eigenvalue weighted by Crippen LogP contribution is -1.94. The number of rotatable bonds is 2. The Kier molecular flexibility index (Phi) is 2.26. The summed E-state index contributed by atoms with van der Waals surface area (Å²) in [6.45, 7) is 1.56. The van der Waals surface area contributed by atoms with Crippen molar-refractivity contribution in [2.75, 3.05) is 0 Å². The summed E-state index contributed by atoms with van der Waals surface area (Å²) in [5.41, 5.74) is 2.38. The molecule has 3 nitrogen and oxygen atoms in total. The Labute approximate surface area is 87.3 Å². The summed E-state index contributed by atoms with van der Waals surface area (Å²) in [5, 5.41) is 9.85. The summed E-state index contributed by atoms with van der Waals surface area (Å²) >= 11 is 0. The highest BCUT2D eigenvalue weighted by Crippen LogP contribution is 2.21. The van der Waals surface area contributed by atoms with Crippen molar-refractivity contribution in [2.45, 2.75) is 13.3 Å². The van der Waals surface area contributed by atoms with Crippen molar-refractivity contribution in [1.29, 1.82) is 5.26 Å². The van der Waals surface area contributed by atoms with Crippen molar-refractivity contribution in [3.63, 3.8) is 0 Å². The fourth-order valence-corrected chi connectivity index (χ4v) is 1.72. The smallest absolute Gasteiger partial charge is 0.134 e. The van der Waals surface area contributed by atoms with Gasteiger partial charge in [0.2, 0.25) is 0 Å². The maximum atomic E-state index is 11.0. The van der Waals surface area contributed by atoms with Crippen LogP contribution in [0.15, 0.2) is 24.4 Å². The summed E-state index contributed by atoms with van der Waals surface area (Å²) in [4.78, 5) is 14.1. The van der Waals surface area contributed by atoms with Gasteiger partial charge in [-0.15, -0.1) is 0 Å². The minimum absolute atomic E-state index is 0.123. The minimum atomic E-state index is 0.123. The Morgan fingerprint density at radius 2 is 2.33 bits per heavy atom. The zero-order valence-corrected chi connectivity index (χ0v) is 8.37. The second-order valence-corrected chi connectivity index (χ2v) is 3.53. The molecule has 0 aliphatic rings. The standard InChI is InChI=1S/C12H10N2O/c1-8(15)5-10-7-14-12-9(6-13)3-2-4-11(10)12/h2-4,7,14H,5H2,1H3. The van der Waals surface area contributed by atoms with Crippen LogP contribution in [0.1, 0.15) is 18.1 Å². The Bertz CT molecular complexity index is 560. The number of carbonyl (C=O) groups is 1. The van der Waals surface area contributed by atoms with Crippen LogP contribution in [0.25, 0.3) is 10.9 Å². The lowest BCUT2D eigenvalue weighted by Gasteiger charge is -1.95. The highest BCUT2D eigenvalue weighted by atomic mass is 16.1. The molecule has 1 heterocycles. The number of benzene rings is 1. The number of hydrogen-bond acceptors (Lipinski definition) is 2. The lowest BCUT2D eigenvalue weighted by molar-refractivity contribution is -0.116. The highest BCUT2D eigenvalue weighted by Gasteiger charge is 2.08. The Balaban J connectivity index is 2.62. The molecule has 1 aromatic carbocycles. The Morgan fingerprint density at radius 1 is 1.53 bits per heavy atom. The van der Waals surface area contributed by atoms with Crippen LogP contribution in [0.2, 0.25) is 0 Å². The predicted octanol–water partition coefficient (Wildman–Crippen LogP) is 2.17. The third-order valence-corrected chi connectivity index (χ3v) is 2.36. The molecule has 3 heteroatoms. The van der Waals surface area contributed by atoms with Gasteiger partial charge in [-0.2, -0.15) is 5.26 Å². The number of nitriles is 1. The quantitative estimate of drug-likeness (QED) is 0.803. The second kappa shape index (κ2) is 3.58. The van der Waals surface area contributed by atoms with E-state index in [9.17, 15) is 4.79 Å². The number of fused-ring (bicyclic) bond motifs is 1. The van der Waals surface area contributed by atoms with Crippen LogP contribution in [0, 0.1) is 11.3 Å². The monoisotopic (exact) mass is 198 g/mol. The third-order valence-electron chi connectivity index (χ3n) is 2.36. The molecule has 0 fully saturated rings. The van der Waals surface area contributed by atoms with E-state index in [1.807, 2.05) is 12.1 Å². The number of H-pyrrole nitrogens is 1. The van der Waals surface area contributed by atoms with Gasteiger partial charge in [0, 0.05) is 18.0 Å². The lowest BCUT2D eigenvalue weighted by atomic mass is 10.1. The van der Waals surface area contributed by atoms with Gasteiger partial charge in [-0.05, 0) is 18.6 Å². The van der Waals surface area contributed by atoms with Gasteiger partial charge in [-0.3, -0.25) is 4.79 Å². The molecule has 2 rings (SSSR count). The third kappa shape index (κ3) is 1.62. The number of nitrogens with zero attached hydrogens (tertiary/aromatic N) is 1. The number of aromatic amines is 1. The first kappa shape index (κ1) is 9.47. The molecule has 0 radical (unpaired) electrons. The van der Waals surface area contributed by atoms with Crippen molar-refractivity contribution in [3.05, 3.63) is 35.5 Å². The molecule has 0 bridgehead atoms. The number of hydrogen-bond donors (Lipinski definition) is 1. The minimum Gasteiger partial charge on any atom is -0.360 e. The molecule has 1 aromatic heterocycles. The predicted molar refractivity (Wildman–Crippen MR) is 57.4 cm³/mol. The van der Waals surface area contributed by atoms with Gasteiger partial charge < -0.3 is 4.98 Å². The first-order chi connectivity index (χ1) is 7.22. The average Bonchev–Trinajstić information content (AvgIpc) is 2.61. The van der Waals surface area contributed by atoms with Crippen LogP contribution in [-0.2, 0) is 11.2 Å². The van der Waals surface area contributed by atoms with E-state index in [2.05, 4.69) is 11.1 Å². The molecule has 2 aromatic rings.